The number of aliphatic hydroxyl groups is 1. The number of rotatable bonds is 8. The number of fused-ring (bicyclic) bond motifs is 1. The van der Waals surface area contributed by atoms with Crippen molar-refractivity contribution in [3.8, 4) is 0 Å². The minimum Gasteiger partial charge on any atom is -0.395 e. The van der Waals surface area contributed by atoms with Gasteiger partial charge < -0.3 is 15.7 Å². The Labute approximate surface area is 144 Å². The highest BCUT2D eigenvalue weighted by Gasteiger charge is 2.25. The van der Waals surface area contributed by atoms with Crippen LogP contribution >= 0.6 is 0 Å². The van der Waals surface area contributed by atoms with E-state index < -0.39 is 4.92 Å². The first-order valence-corrected chi connectivity index (χ1v) is 8.41. The number of anilines is 2. The van der Waals surface area contributed by atoms with Gasteiger partial charge in [0, 0.05) is 13.1 Å². The first-order chi connectivity index (χ1) is 12.2. The highest BCUT2D eigenvalue weighted by molar-refractivity contribution is 5.99. The molecule has 0 spiro atoms. The van der Waals surface area contributed by atoms with Gasteiger partial charge in [-0.1, -0.05) is 11.6 Å². The van der Waals surface area contributed by atoms with Crippen molar-refractivity contribution in [2.45, 2.75) is 32.1 Å². The second kappa shape index (κ2) is 7.93. The Bertz CT molecular complexity index is 786. The molecule has 0 bridgehead atoms. The summed E-state index contributed by atoms with van der Waals surface area (Å²) in [4.78, 5) is 10.9. The molecule has 0 saturated carbocycles. The average molecular weight is 347 g/mol. The van der Waals surface area contributed by atoms with E-state index in [1.165, 1.54) is 18.4 Å². The van der Waals surface area contributed by atoms with Gasteiger partial charge in [0.2, 0.25) is 5.52 Å². The molecule has 134 valence electrons. The molecule has 1 aliphatic carbocycles. The Kier molecular flexibility index (Phi) is 5.44. The van der Waals surface area contributed by atoms with Crippen molar-refractivity contribution in [2.75, 3.05) is 30.3 Å². The van der Waals surface area contributed by atoms with E-state index in [0.29, 0.717) is 17.7 Å². The van der Waals surface area contributed by atoms with Crippen molar-refractivity contribution in [3.05, 3.63) is 27.8 Å². The summed E-state index contributed by atoms with van der Waals surface area (Å²) in [6, 6.07) is 1.62. The van der Waals surface area contributed by atoms with E-state index in [9.17, 15) is 10.1 Å². The van der Waals surface area contributed by atoms with Gasteiger partial charge in [0.25, 0.3) is 0 Å². The fourth-order valence-corrected chi connectivity index (χ4v) is 3.06. The Hall–Kier alpha value is -2.68. The molecule has 1 aliphatic rings. The summed E-state index contributed by atoms with van der Waals surface area (Å²) in [5.41, 5.74) is 2.56. The van der Waals surface area contributed by atoms with E-state index in [2.05, 4.69) is 27.0 Å². The third-order valence-corrected chi connectivity index (χ3v) is 4.27. The number of aliphatic hydroxyl groups excluding tert-OH is 1. The van der Waals surface area contributed by atoms with Crippen LogP contribution in [0.1, 0.15) is 32.1 Å². The number of allylic oxidation sites excluding steroid dienone is 1. The van der Waals surface area contributed by atoms with Crippen LogP contribution in [0.3, 0.4) is 0 Å². The van der Waals surface area contributed by atoms with Crippen molar-refractivity contribution < 1.29 is 14.7 Å². The first-order valence-electron chi connectivity index (χ1n) is 8.41. The normalized spacial score (nSPS) is 14.4. The number of benzene rings is 1. The molecule has 9 heteroatoms. The maximum absolute atomic E-state index is 11.4. The largest absolute Gasteiger partial charge is 0.395 e. The van der Waals surface area contributed by atoms with Crippen LogP contribution < -0.4 is 10.6 Å². The van der Waals surface area contributed by atoms with Gasteiger partial charge in [0.1, 0.15) is 5.69 Å². The molecule has 1 aromatic heterocycles. The Morgan fingerprint density at radius 1 is 1.20 bits per heavy atom. The smallest absolute Gasteiger partial charge is 0.323 e. The molecule has 9 nitrogen and oxygen atoms in total. The van der Waals surface area contributed by atoms with Gasteiger partial charge >= 0.3 is 5.69 Å². The monoisotopic (exact) mass is 347 g/mol. The summed E-state index contributed by atoms with van der Waals surface area (Å²) in [5.74, 6) is 0. The molecule has 0 atom stereocenters. The molecule has 25 heavy (non-hydrogen) atoms. The summed E-state index contributed by atoms with van der Waals surface area (Å²) in [7, 11) is 0. The number of hydrogen-bond acceptors (Lipinski definition) is 8. The van der Waals surface area contributed by atoms with Gasteiger partial charge in [0.05, 0.1) is 17.2 Å². The number of aromatic nitrogens is 2. The molecule has 0 amide bonds. The molecule has 2 aromatic rings. The summed E-state index contributed by atoms with van der Waals surface area (Å²) >= 11 is 0. The van der Waals surface area contributed by atoms with Crippen LogP contribution in [-0.4, -0.2) is 40.0 Å². The van der Waals surface area contributed by atoms with Gasteiger partial charge in [-0.2, -0.15) is 0 Å². The Morgan fingerprint density at radius 3 is 2.72 bits per heavy atom. The summed E-state index contributed by atoms with van der Waals surface area (Å²) < 4.78 is 4.72. The highest BCUT2D eigenvalue weighted by atomic mass is 16.6. The van der Waals surface area contributed by atoms with Crippen LogP contribution in [0, 0.1) is 10.1 Å². The Morgan fingerprint density at radius 2 is 2.00 bits per heavy atom. The molecule has 0 fully saturated rings. The molecule has 3 N–H and O–H groups in total. The van der Waals surface area contributed by atoms with Crippen molar-refractivity contribution >= 4 is 28.1 Å². The van der Waals surface area contributed by atoms with E-state index in [0.717, 1.165) is 19.3 Å². The second-order valence-electron chi connectivity index (χ2n) is 5.97. The second-order valence-corrected chi connectivity index (χ2v) is 5.97. The fraction of sp³-hybridized carbons (Fsp3) is 0.500. The average Bonchev–Trinajstić information content (AvgIpc) is 3.10. The SMILES string of the molecule is O=[N+]([O-])c1c(NCCO)cc(NCCC2=CCCCC2)c2nonc12. The van der Waals surface area contributed by atoms with Gasteiger partial charge in [0.15, 0.2) is 5.52 Å². The topological polar surface area (TPSA) is 126 Å². The van der Waals surface area contributed by atoms with Crippen molar-refractivity contribution in [2.24, 2.45) is 0 Å². The number of nitrogens with one attached hydrogen (secondary N) is 2. The lowest BCUT2D eigenvalue weighted by Gasteiger charge is -2.14. The van der Waals surface area contributed by atoms with Crippen LogP contribution in [0.15, 0.2) is 22.3 Å². The third-order valence-electron chi connectivity index (χ3n) is 4.27. The van der Waals surface area contributed by atoms with Crippen LogP contribution in [-0.2, 0) is 0 Å². The molecule has 1 heterocycles. The lowest BCUT2D eigenvalue weighted by molar-refractivity contribution is -0.382. The molecular weight excluding hydrogens is 326 g/mol. The van der Waals surface area contributed by atoms with Crippen molar-refractivity contribution in [1.82, 2.24) is 10.3 Å². The molecule has 3 rings (SSSR count). The third kappa shape index (κ3) is 3.87. The molecule has 0 aliphatic heterocycles. The van der Waals surface area contributed by atoms with Gasteiger partial charge in [-0.25, -0.2) is 4.63 Å². The predicted molar refractivity (Wildman–Crippen MR) is 93.7 cm³/mol. The van der Waals surface area contributed by atoms with E-state index in [1.807, 2.05) is 0 Å². The zero-order valence-corrected chi connectivity index (χ0v) is 13.8. The Balaban J connectivity index is 1.83. The van der Waals surface area contributed by atoms with E-state index in [-0.39, 0.29) is 30.0 Å². The molecule has 0 unspecified atom stereocenters. The van der Waals surface area contributed by atoms with E-state index in [4.69, 9.17) is 9.74 Å². The lowest BCUT2D eigenvalue weighted by atomic mass is 9.97. The predicted octanol–water partition coefficient (Wildman–Crippen LogP) is 2.84. The van der Waals surface area contributed by atoms with Crippen LogP contribution in [0.2, 0.25) is 0 Å². The van der Waals surface area contributed by atoms with Crippen molar-refractivity contribution in [3.63, 3.8) is 0 Å². The van der Waals surface area contributed by atoms with E-state index in [1.54, 1.807) is 6.07 Å². The quantitative estimate of drug-likeness (QED) is 0.378. The number of nitro groups is 1. The van der Waals surface area contributed by atoms with Gasteiger partial charge in [-0.3, -0.25) is 10.1 Å². The summed E-state index contributed by atoms with van der Waals surface area (Å²) in [6.45, 7) is 0.762. The van der Waals surface area contributed by atoms with Crippen molar-refractivity contribution in [1.29, 1.82) is 0 Å². The highest BCUT2D eigenvalue weighted by Crippen LogP contribution is 2.36. The number of nitro benzene ring substituents is 1. The van der Waals surface area contributed by atoms with Crippen LogP contribution in [0.4, 0.5) is 17.1 Å². The minimum atomic E-state index is -0.525. The minimum absolute atomic E-state index is 0.0901. The first kappa shape index (κ1) is 17.2. The van der Waals surface area contributed by atoms with Crippen LogP contribution in [0.5, 0.6) is 0 Å². The summed E-state index contributed by atoms with van der Waals surface area (Å²) in [6.07, 6.45) is 7.97. The number of nitrogens with zero attached hydrogens (tertiary/aromatic N) is 3. The zero-order valence-electron chi connectivity index (χ0n) is 13.8. The van der Waals surface area contributed by atoms with Gasteiger partial charge in [-0.05, 0) is 48.5 Å². The standard InChI is InChI=1S/C16H21N5O4/c22-9-8-18-13-10-12(17-7-6-11-4-2-1-3-5-11)14-15(20-25-19-14)16(13)21(23)24/h4,10,17-18,22H,1-3,5-9H2. The van der Waals surface area contributed by atoms with Gasteiger partial charge in [-0.15, -0.1) is 0 Å². The van der Waals surface area contributed by atoms with E-state index >= 15 is 0 Å². The summed E-state index contributed by atoms with van der Waals surface area (Å²) in [5, 5.41) is 34.0. The maximum atomic E-state index is 11.4. The fourth-order valence-electron chi connectivity index (χ4n) is 3.06. The van der Waals surface area contributed by atoms with Crippen LogP contribution in [0.25, 0.3) is 11.0 Å². The number of hydrogen-bond donors (Lipinski definition) is 3. The maximum Gasteiger partial charge on any atom is 0.323 e. The lowest BCUT2D eigenvalue weighted by Crippen LogP contribution is -2.10. The molecule has 0 saturated heterocycles. The zero-order chi connectivity index (χ0) is 17.6. The molecular formula is C16H21N5O4. The molecule has 1 aromatic carbocycles. The molecule has 0 radical (unpaired) electrons.